The first-order valence-corrected chi connectivity index (χ1v) is 4.15. The molecule has 0 aliphatic heterocycles. The Balaban J connectivity index is 3.81. The Morgan fingerprint density at radius 1 is 1.45 bits per heavy atom. The fourth-order valence-electron chi connectivity index (χ4n) is 1.04. The summed E-state index contributed by atoms with van der Waals surface area (Å²) in [6, 6.07) is 0. The van der Waals surface area contributed by atoms with Gasteiger partial charge in [0.25, 0.3) is 0 Å². The Bertz CT molecular complexity index is 178. The second kappa shape index (κ2) is 5.02. The minimum Gasteiger partial charge on any atom is -0.106 e. The van der Waals surface area contributed by atoms with Crippen molar-refractivity contribution in [3.05, 3.63) is 12.2 Å². The summed E-state index contributed by atoms with van der Waals surface area (Å²) in [4.78, 5) is 0. The van der Waals surface area contributed by atoms with Crippen LogP contribution in [0.25, 0.3) is 0 Å². The van der Waals surface area contributed by atoms with E-state index in [-0.39, 0.29) is 0 Å². The van der Waals surface area contributed by atoms with Crippen LogP contribution in [-0.4, -0.2) is 0 Å². The molecular weight excluding hydrogens is 132 g/mol. The largest absolute Gasteiger partial charge is 0.106 e. The van der Waals surface area contributed by atoms with E-state index in [1.54, 1.807) is 0 Å². The second-order valence-electron chi connectivity index (χ2n) is 3.28. The van der Waals surface area contributed by atoms with Crippen LogP contribution in [0.3, 0.4) is 0 Å². The molecule has 0 N–H and O–H groups in total. The standard InChI is InChI=1S/C11H18/c1-6-7-10(4)8-11(5)9(2)3/h10-11H,2,8H2,1,3-5H3. The normalized spacial score (nSPS) is 14.5. The van der Waals surface area contributed by atoms with Gasteiger partial charge < -0.3 is 0 Å². The quantitative estimate of drug-likeness (QED) is 0.428. The van der Waals surface area contributed by atoms with Gasteiger partial charge in [0.2, 0.25) is 0 Å². The molecule has 0 fully saturated rings. The van der Waals surface area contributed by atoms with Gasteiger partial charge in [0.05, 0.1) is 0 Å². The first-order chi connectivity index (χ1) is 5.07. The van der Waals surface area contributed by atoms with E-state index in [0.717, 1.165) is 6.42 Å². The smallest absolute Gasteiger partial charge is 0.0180 e. The molecule has 11 heavy (non-hydrogen) atoms. The molecule has 0 aromatic heterocycles. The Morgan fingerprint density at radius 2 is 2.00 bits per heavy atom. The lowest BCUT2D eigenvalue weighted by Crippen LogP contribution is -2.01. The molecule has 0 saturated heterocycles. The average Bonchev–Trinajstić information content (AvgIpc) is 1.87. The zero-order chi connectivity index (χ0) is 8.85. The average molecular weight is 150 g/mol. The molecular formula is C11H18. The lowest BCUT2D eigenvalue weighted by atomic mass is 9.93. The Labute approximate surface area is 70.7 Å². The van der Waals surface area contributed by atoms with Gasteiger partial charge in [0.15, 0.2) is 0 Å². The minimum atomic E-state index is 0.506. The molecule has 2 atom stereocenters. The fourth-order valence-corrected chi connectivity index (χ4v) is 1.04. The van der Waals surface area contributed by atoms with Crippen molar-refractivity contribution < 1.29 is 0 Å². The van der Waals surface area contributed by atoms with E-state index in [1.165, 1.54) is 5.57 Å². The van der Waals surface area contributed by atoms with Crippen molar-refractivity contribution in [1.29, 1.82) is 0 Å². The van der Waals surface area contributed by atoms with Crippen LogP contribution in [0, 0.1) is 23.7 Å². The van der Waals surface area contributed by atoms with Gasteiger partial charge in [-0.1, -0.05) is 26.0 Å². The minimum absolute atomic E-state index is 0.506. The van der Waals surface area contributed by atoms with Crippen LogP contribution in [0.1, 0.15) is 34.1 Å². The van der Waals surface area contributed by atoms with Gasteiger partial charge in [0, 0.05) is 5.92 Å². The number of hydrogen-bond acceptors (Lipinski definition) is 0. The van der Waals surface area contributed by atoms with Gasteiger partial charge in [-0.25, -0.2) is 0 Å². The van der Waals surface area contributed by atoms with Crippen molar-refractivity contribution in [3.63, 3.8) is 0 Å². The third-order valence-electron chi connectivity index (χ3n) is 1.94. The highest BCUT2D eigenvalue weighted by Crippen LogP contribution is 2.17. The first-order valence-electron chi connectivity index (χ1n) is 4.15. The molecule has 0 aliphatic rings. The van der Waals surface area contributed by atoms with E-state index in [0.29, 0.717) is 11.8 Å². The lowest BCUT2D eigenvalue weighted by molar-refractivity contribution is 0.535. The van der Waals surface area contributed by atoms with Gasteiger partial charge in [-0.2, -0.15) is 0 Å². The van der Waals surface area contributed by atoms with Gasteiger partial charge in [0.1, 0.15) is 0 Å². The molecule has 0 rings (SSSR count). The fraction of sp³-hybridized carbons (Fsp3) is 0.636. The van der Waals surface area contributed by atoms with Crippen LogP contribution in [0.2, 0.25) is 0 Å². The summed E-state index contributed by atoms with van der Waals surface area (Å²) in [5.74, 6) is 7.18. The molecule has 0 bridgehead atoms. The van der Waals surface area contributed by atoms with Crippen LogP contribution < -0.4 is 0 Å². The van der Waals surface area contributed by atoms with E-state index in [2.05, 4.69) is 39.2 Å². The maximum Gasteiger partial charge on any atom is 0.0180 e. The predicted molar refractivity (Wildman–Crippen MR) is 51.2 cm³/mol. The van der Waals surface area contributed by atoms with Crippen LogP contribution in [0.4, 0.5) is 0 Å². The monoisotopic (exact) mass is 150 g/mol. The molecule has 0 aliphatic carbocycles. The molecule has 0 spiro atoms. The summed E-state index contributed by atoms with van der Waals surface area (Å²) < 4.78 is 0. The topological polar surface area (TPSA) is 0 Å². The third-order valence-corrected chi connectivity index (χ3v) is 1.94. The van der Waals surface area contributed by atoms with Crippen LogP contribution in [0.15, 0.2) is 12.2 Å². The van der Waals surface area contributed by atoms with E-state index in [4.69, 9.17) is 0 Å². The zero-order valence-corrected chi connectivity index (χ0v) is 8.07. The third kappa shape index (κ3) is 4.67. The second-order valence-corrected chi connectivity index (χ2v) is 3.28. The Morgan fingerprint density at radius 3 is 2.36 bits per heavy atom. The van der Waals surface area contributed by atoms with Crippen molar-refractivity contribution in [2.75, 3.05) is 0 Å². The summed E-state index contributed by atoms with van der Waals surface area (Å²) >= 11 is 0. The molecule has 0 amide bonds. The molecule has 0 nitrogen and oxygen atoms in total. The zero-order valence-electron chi connectivity index (χ0n) is 8.07. The van der Waals surface area contributed by atoms with E-state index in [9.17, 15) is 0 Å². The lowest BCUT2D eigenvalue weighted by Gasteiger charge is -2.12. The van der Waals surface area contributed by atoms with E-state index in [1.807, 2.05) is 6.92 Å². The van der Waals surface area contributed by atoms with Crippen molar-refractivity contribution >= 4 is 0 Å². The van der Waals surface area contributed by atoms with E-state index < -0.39 is 0 Å². The van der Waals surface area contributed by atoms with Gasteiger partial charge in [-0.05, 0) is 26.2 Å². The summed E-state index contributed by atoms with van der Waals surface area (Å²) in [6.45, 7) is 12.3. The van der Waals surface area contributed by atoms with Crippen LogP contribution >= 0.6 is 0 Å². The molecule has 0 radical (unpaired) electrons. The van der Waals surface area contributed by atoms with Crippen molar-refractivity contribution in [2.45, 2.75) is 34.1 Å². The number of allylic oxidation sites excluding steroid dienone is 1. The molecule has 2 unspecified atom stereocenters. The molecule has 0 heteroatoms. The Hall–Kier alpha value is -0.700. The SMILES string of the molecule is C=C(C)C(C)CC(C)C#CC. The van der Waals surface area contributed by atoms with Gasteiger partial charge in [-0.15, -0.1) is 11.8 Å². The number of hydrogen-bond donors (Lipinski definition) is 0. The summed E-state index contributed by atoms with van der Waals surface area (Å²) in [7, 11) is 0. The molecule has 0 aromatic carbocycles. The summed E-state index contributed by atoms with van der Waals surface area (Å²) in [5, 5.41) is 0. The molecule has 0 saturated carbocycles. The highest BCUT2D eigenvalue weighted by atomic mass is 14.1. The maximum atomic E-state index is 3.92. The Kier molecular flexibility index (Phi) is 4.70. The molecule has 62 valence electrons. The van der Waals surface area contributed by atoms with Crippen molar-refractivity contribution in [2.24, 2.45) is 11.8 Å². The number of rotatable bonds is 3. The summed E-state index contributed by atoms with van der Waals surface area (Å²) in [6.07, 6.45) is 1.14. The van der Waals surface area contributed by atoms with Crippen molar-refractivity contribution in [3.8, 4) is 11.8 Å². The highest BCUT2D eigenvalue weighted by molar-refractivity contribution is 5.03. The van der Waals surface area contributed by atoms with Gasteiger partial charge in [-0.3, -0.25) is 0 Å². The predicted octanol–water partition coefficient (Wildman–Crippen LogP) is 3.25. The first kappa shape index (κ1) is 10.3. The molecule has 0 aromatic rings. The van der Waals surface area contributed by atoms with Crippen LogP contribution in [-0.2, 0) is 0 Å². The van der Waals surface area contributed by atoms with E-state index >= 15 is 0 Å². The van der Waals surface area contributed by atoms with Crippen molar-refractivity contribution in [1.82, 2.24) is 0 Å². The highest BCUT2D eigenvalue weighted by Gasteiger charge is 2.05. The molecule has 0 heterocycles. The van der Waals surface area contributed by atoms with Gasteiger partial charge >= 0.3 is 0 Å². The summed E-state index contributed by atoms with van der Waals surface area (Å²) in [5.41, 5.74) is 1.26. The maximum absolute atomic E-state index is 3.92. The van der Waals surface area contributed by atoms with Crippen LogP contribution in [0.5, 0.6) is 0 Å².